The molecule has 2 heteroatoms. The van der Waals surface area contributed by atoms with E-state index in [1.54, 1.807) is 0 Å². The van der Waals surface area contributed by atoms with Crippen molar-refractivity contribution >= 4 is 22.6 Å². The van der Waals surface area contributed by atoms with Gasteiger partial charge in [0.2, 0.25) is 0 Å². The highest BCUT2D eigenvalue weighted by Gasteiger charge is 2.45. The van der Waals surface area contributed by atoms with Gasteiger partial charge in [0.1, 0.15) is 0 Å². The van der Waals surface area contributed by atoms with Crippen LogP contribution in [0.5, 0.6) is 0 Å². The number of halogens is 1. The molecule has 0 bridgehead atoms. The molecule has 1 aliphatic carbocycles. The van der Waals surface area contributed by atoms with E-state index in [1.165, 1.54) is 43.0 Å². The fraction of sp³-hybridized carbons (Fsp3) is 1.00. The average molecular weight is 308 g/mol. The monoisotopic (exact) mass is 308 g/mol. The van der Waals surface area contributed by atoms with E-state index < -0.39 is 0 Å². The molecule has 0 amide bonds. The summed E-state index contributed by atoms with van der Waals surface area (Å²) in [5.74, 6) is 1.01. The molecule has 1 nitrogen and oxygen atoms in total. The van der Waals surface area contributed by atoms with Crippen LogP contribution in [0.2, 0.25) is 0 Å². The first-order chi connectivity index (χ1) is 6.80. The van der Waals surface area contributed by atoms with Crippen molar-refractivity contribution in [3.63, 3.8) is 0 Å². The van der Waals surface area contributed by atoms with Crippen LogP contribution in [0.1, 0.15) is 45.4 Å². The van der Waals surface area contributed by atoms with E-state index >= 15 is 0 Å². The lowest BCUT2D eigenvalue weighted by molar-refractivity contribution is 0.0370. The summed E-state index contributed by atoms with van der Waals surface area (Å²) in [6, 6.07) is 0. The second kappa shape index (κ2) is 4.69. The van der Waals surface area contributed by atoms with Crippen molar-refractivity contribution < 1.29 is 4.74 Å². The average Bonchev–Trinajstić information content (AvgIpc) is 2.62. The van der Waals surface area contributed by atoms with Crippen LogP contribution in [0.25, 0.3) is 0 Å². The van der Waals surface area contributed by atoms with E-state index in [2.05, 4.69) is 29.5 Å². The van der Waals surface area contributed by atoms with Gasteiger partial charge in [-0.15, -0.1) is 0 Å². The molecule has 0 aromatic heterocycles. The van der Waals surface area contributed by atoms with Gasteiger partial charge in [-0.05, 0) is 43.4 Å². The van der Waals surface area contributed by atoms with E-state index in [0.29, 0.717) is 11.5 Å². The first kappa shape index (κ1) is 11.2. The predicted octanol–water partition coefficient (Wildman–Crippen LogP) is 3.80. The van der Waals surface area contributed by atoms with Crippen molar-refractivity contribution in [1.82, 2.24) is 0 Å². The molecule has 1 saturated heterocycles. The summed E-state index contributed by atoms with van der Waals surface area (Å²) >= 11 is 2.49. The van der Waals surface area contributed by atoms with Gasteiger partial charge in [0.25, 0.3) is 0 Å². The maximum atomic E-state index is 5.86. The van der Waals surface area contributed by atoms with Crippen LogP contribution in [0, 0.1) is 11.3 Å². The van der Waals surface area contributed by atoms with E-state index in [9.17, 15) is 0 Å². The molecular weight excluding hydrogens is 287 g/mol. The van der Waals surface area contributed by atoms with E-state index in [-0.39, 0.29) is 0 Å². The van der Waals surface area contributed by atoms with Gasteiger partial charge < -0.3 is 4.74 Å². The smallest absolute Gasteiger partial charge is 0.0721 e. The summed E-state index contributed by atoms with van der Waals surface area (Å²) in [5, 5.41) is 0. The first-order valence-corrected chi connectivity index (χ1v) is 7.51. The minimum absolute atomic E-state index is 0.570. The Bertz CT molecular complexity index is 185. The number of hydrogen-bond acceptors (Lipinski definition) is 1. The highest BCUT2D eigenvalue weighted by atomic mass is 127. The van der Waals surface area contributed by atoms with Crippen molar-refractivity contribution in [1.29, 1.82) is 0 Å². The first-order valence-electron chi connectivity index (χ1n) is 5.98. The Morgan fingerprint density at radius 1 is 1.29 bits per heavy atom. The Kier molecular flexibility index (Phi) is 3.74. The number of rotatable bonds is 2. The molecule has 2 fully saturated rings. The summed E-state index contributed by atoms with van der Waals surface area (Å²) in [6.45, 7) is 3.36. The minimum atomic E-state index is 0.570. The van der Waals surface area contributed by atoms with Crippen LogP contribution in [-0.4, -0.2) is 17.1 Å². The Balaban J connectivity index is 1.97. The highest BCUT2D eigenvalue weighted by Crippen LogP contribution is 2.49. The topological polar surface area (TPSA) is 9.23 Å². The molecule has 1 aliphatic heterocycles. The van der Waals surface area contributed by atoms with E-state index in [0.717, 1.165) is 12.5 Å². The van der Waals surface area contributed by atoms with Gasteiger partial charge in [-0.3, -0.25) is 0 Å². The molecule has 2 rings (SSSR count). The summed E-state index contributed by atoms with van der Waals surface area (Å²) in [7, 11) is 0. The zero-order chi connectivity index (χ0) is 10.0. The van der Waals surface area contributed by atoms with Gasteiger partial charge >= 0.3 is 0 Å². The molecule has 82 valence electrons. The third-order valence-electron chi connectivity index (χ3n) is 4.42. The van der Waals surface area contributed by atoms with Gasteiger partial charge in [0.15, 0.2) is 0 Å². The van der Waals surface area contributed by atoms with E-state index in [4.69, 9.17) is 4.74 Å². The highest BCUT2D eigenvalue weighted by molar-refractivity contribution is 14.1. The largest absolute Gasteiger partial charge is 0.377 e. The van der Waals surface area contributed by atoms with Crippen molar-refractivity contribution in [2.45, 2.75) is 51.6 Å². The number of hydrogen-bond donors (Lipinski definition) is 0. The molecule has 0 aromatic rings. The van der Waals surface area contributed by atoms with Crippen LogP contribution in [0.4, 0.5) is 0 Å². The molecular formula is C12H21IO. The molecule has 2 aliphatic rings. The summed E-state index contributed by atoms with van der Waals surface area (Å²) < 4.78 is 7.05. The summed E-state index contributed by atoms with van der Waals surface area (Å²) in [4.78, 5) is 0. The Hall–Kier alpha value is 0.690. The molecule has 0 aromatic carbocycles. The maximum Gasteiger partial charge on any atom is 0.0721 e. The number of alkyl halides is 1. The molecule has 1 saturated carbocycles. The van der Waals surface area contributed by atoms with E-state index in [1.807, 2.05) is 0 Å². The lowest BCUT2D eigenvalue weighted by Gasteiger charge is -2.39. The Labute approximate surface area is 101 Å². The van der Waals surface area contributed by atoms with Crippen LogP contribution < -0.4 is 0 Å². The second-order valence-corrected chi connectivity index (χ2v) is 5.86. The lowest BCUT2D eigenvalue weighted by Crippen LogP contribution is -2.36. The van der Waals surface area contributed by atoms with Crippen molar-refractivity contribution in [2.24, 2.45) is 11.3 Å². The Morgan fingerprint density at radius 2 is 2.00 bits per heavy atom. The normalized spacial score (nSPS) is 43.3. The number of ether oxygens (including phenoxy) is 1. The van der Waals surface area contributed by atoms with Crippen molar-refractivity contribution in [3.8, 4) is 0 Å². The van der Waals surface area contributed by atoms with Crippen LogP contribution >= 0.6 is 22.6 Å². The van der Waals surface area contributed by atoms with Crippen molar-refractivity contribution in [3.05, 3.63) is 0 Å². The van der Waals surface area contributed by atoms with Gasteiger partial charge in [-0.1, -0.05) is 35.9 Å². The van der Waals surface area contributed by atoms with Gasteiger partial charge in [0, 0.05) is 11.0 Å². The molecule has 1 atom stereocenters. The van der Waals surface area contributed by atoms with Crippen molar-refractivity contribution in [2.75, 3.05) is 11.0 Å². The third-order valence-corrected chi connectivity index (χ3v) is 5.22. The second-order valence-electron chi connectivity index (χ2n) is 4.98. The molecule has 14 heavy (non-hydrogen) atoms. The molecule has 1 spiro atoms. The van der Waals surface area contributed by atoms with Gasteiger partial charge in [0.05, 0.1) is 6.10 Å². The quantitative estimate of drug-likeness (QED) is 0.557. The minimum Gasteiger partial charge on any atom is -0.377 e. The molecule has 0 N–H and O–H groups in total. The zero-order valence-electron chi connectivity index (χ0n) is 9.10. The predicted molar refractivity (Wildman–Crippen MR) is 67.9 cm³/mol. The summed E-state index contributed by atoms with van der Waals surface area (Å²) in [6.07, 6.45) is 9.04. The van der Waals surface area contributed by atoms with Crippen LogP contribution in [0.3, 0.4) is 0 Å². The SMILES string of the molecule is CCC1CCC2(CCOC2CI)CC1. The van der Waals surface area contributed by atoms with Crippen LogP contribution in [-0.2, 0) is 4.74 Å². The van der Waals surface area contributed by atoms with Gasteiger partial charge in [-0.25, -0.2) is 0 Å². The molecule has 1 unspecified atom stereocenters. The fourth-order valence-corrected chi connectivity index (χ4v) is 4.37. The summed E-state index contributed by atoms with van der Waals surface area (Å²) in [5.41, 5.74) is 0.590. The Morgan fingerprint density at radius 3 is 2.57 bits per heavy atom. The third kappa shape index (κ3) is 1.97. The molecule has 1 heterocycles. The zero-order valence-corrected chi connectivity index (χ0v) is 11.3. The standard InChI is InChI=1S/C12H21IO/c1-2-10-3-5-12(6-4-10)7-8-14-11(12)9-13/h10-11H,2-9H2,1H3. The van der Waals surface area contributed by atoms with Gasteiger partial charge in [-0.2, -0.15) is 0 Å². The molecule has 0 radical (unpaired) electrons. The fourth-order valence-electron chi connectivity index (χ4n) is 3.18. The van der Waals surface area contributed by atoms with Crippen LogP contribution in [0.15, 0.2) is 0 Å². The lowest BCUT2D eigenvalue weighted by atomic mass is 9.66. The maximum absolute atomic E-state index is 5.86.